The molecule has 0 aromatic heterocycles. The molecule has 2 amide bonds. The minimum absolute atomic E-state index is 0.0164. The van der Waals surface area contributed by atoms with Crippen molar-refractivity contribution in [1.82, 2.24) is 9.80 Å². The second kappa shape index (κ2) is 7.14. The number of amides is 2. The van der Waals surface area contributed by atoms with Crippen LogP contribution in [0.4, 0.5) is 0 Å². The van der Waals surface area contributed by atoms with Crippen molar-refractivity contribution in [3.8, 4) is 11.8 Å². The lowest BCUT2D eigenvalue weighted by molar-refractivity contribution is -0.139. The minimum Gasteiger partial charge on any atom is -0.484 e. The summed E-state index contributed by atoms with van der Waals surface area (Å²) in [5.41, 5.74) is 0.525. The Morgan fingerprint density at radius 2 is 1.75 bits per heavy atom. The van der Waals surface area contributed by atoms with Gasteiger partial charge in [-0.25, -0.2) is 0 Å². The number of rotatable bonds is 5. The number of benzene rings is 1. The van der Waals surface area contributed by atoms with Crippen LogP contribution < -0.4 is 4.74 Å². The number of nitriles is 1. The lowest BCUT2D eigenvalue weighted by atomic mass is 10.2. The standard InChI is InChI=1S/C14H17N3O3/c1-16(2)13(18)9-17(3)14(19)10-20-12-6-4-11(8-15)5-7-12/h4-7H,9-10H2,1-3H3. The van der Waals surface area contributed by atoms with Gasteiger partial charge in [-0.15, -0.1) is 0 Å². The van der Waals surface area contributed by atoms with Gasteiger partial charge in [0.15, 0.2) is 6.61 Å². The lowest BCUT2D eigenvalue weighted by Gasteiger charge is -2.19. The number of hydrogen-bond donors (Lipinski definition) is 0. The fourth-order valence-electron chi connectivity index (χ4n) is 1.31. The highest BCUT2D eigenvalue weighted by molar-refractivity contribution is 5.85. The molecule has 0 atom stereocenters. The number of hydrogen-bond acceptors (Lipinski definition) is 4. The average molecular weight is 275 g/mol. The van der Waals surface area contributed by atoms with Crippen LogP contribution in [0.3, 0.4) is 0 Å². The van der Waals surface area contributed by atoms with Gasteiger partial charge in [-0.05, 0) is 24.3 Å². The van der Waals surface area contributed by atoms with Crippen molar-refractivity contribution < 1.29 is 14.3 Å². The molecule has 106 valence electrons. The summed E-state index contributed by atoms with van der Waals surface area (Å²) in [6.07, 6.45) is 0. The third-order valence-corrected chi connectivity index (χ3v) is 2.64. The predicted molar refractivity (Wildman–Crippen MR) is 73.0 cm³/mol. The van der Waals surface area contributed by atoms with Gasteiger partial charge in [-0.3, -0.25) is 9.59 Å². The minimum atomic E-state index is -0.287. The SMILES string of the molecule is CN(C)C(=O)CN(C)C(=O)COc1ccc(C#N)cc1. The maximum Gasteiger partial charge on any atom is 0.260 e. The lowest BCUT2D eigenvalue weighted by Crippen LogP contribution is -2.39. The van der Waals surface area contributed by atoms with Gasteiger partial charge in [0, 0.05) is 21.1 Å². The van der Waals surface area contributed by atoms with E-state index in [0.29, 0.717) is 11.3 Å². The van der Waals surface area contributed by atoms with Gasteiger partial charge >= 0.3 is 0 Å². The van der Waals surface area contributed by atoms with Gasteiger partial charge in [-0.2, -0.15) is 5.26 Å². The van der Waals surface area contributed by atoms with E-state index in [4.69, 9.17) is 10.00 Å². The van der Waals surface area contributed by atoms with E-state index in [2.05, 4.69) is 0 Å². The zero-order chi connectivity index (χ0) is 15.1. The Balaban J connectivity index is 2.46. The van der Waals surface area contributed by atoms with Crippen molar-refractivity contribution >= 4 is 11.8 Å². The van der Waals surface area contributed by atoms with Crippen LogP contribution in [0, 0.1) is 11.3 Å². The molecule has 0 radical (unpaired) electrons. The van der Waals surface area contributed by atoms with E-state index < -0.39 is 0 Å². The number of carbonyl (C=O) groups is 2. The maximum absolute atomic E-state index is 11.8. The molecular formula is C14H17N3O3. The fourth-order valence-corrected chi connectivity index (χ4v) is 1.31. The van der Waals surface area contributed by atoms with Crippen molar-refractivity contribution in [3.63, 3.8) is 0 Å². The molecule has 0 aliphatic heterocycles. The summed E-state index contributed by atoms with van der Waals surface area (Å²) in [7, 11) is 4.81. The van der Waals surface area contributed by atoms with E-state index in [1.807, 2.05) is 6.07 Å². The summed E-state index contributed by atoms with van der Waals surface area (Å²) in [5.74, 6) is 0.0634. The molecular weight excluding hydrogens is 258 g/mol. The molecule has 0 saturated heterocycles. The first-order valence-electron chi connectivity index (χ1n) is 6.01. The molecule has 0 aliphatic carbocycles. The molecule has 0 bridgehead atoms. The van der Waals surface area contributed by atoms with Crippen molar-refractivity contribution in [2.45, 2.75) is 0 Å². The second-order valence-electron chi connectivity index (χ2n) is 4.46. The van der Waals surface area contributed by atoms with Gasteiger partial charge in [0.05, 0.1) is 18.2 Å². The fraction of sp³-hybridized carbons (Fsp3) is 0.357. The third kappa shape index (κ3) is 4.61. The summed E-state index contributed by atoms with van der Waals surface area (Å²) < 4.78 is 5.30. The van der Waals surface area contributed by atoms with Crippen LogP contribution in [0.2, 0.25) is 0 Å². The van der Waals surface area contributed by atoms with E-state index in [1.54, 1.807) is 45.4 Å². The molecule has 1 aromatic carbocycles. The Bertz CT molecular complexity index is 517. The first-order chi connectivity index (χ1) is 9.43. The van der Waals surface area contributed by atoms with Crippen LogP contribution in [0.5, 0.6) is 5.75 Å². The van der Waals surface area contributed by atoms with Crippen LogP contribution in [0.1, 0.15) is 5.56 Å². The summed E-state index contributed by atoms with van der Waals surface area (Å²) in [5, 5.41) is 8.66. The van der Waals surface area contributed by atoms with E-state index in [0.717, 1.165) is 0 Å². The van der Waals surface area contributed by atoms with Gasteiger partial charge in [0.25, 0.3) is 5.91 Å². The first kappa shape index (κ1) is 15.5. The Labute approximate surface area is 118 Å². The first-order valence-corrected chi connectivity index (χ1v) is 6.01. The summed E-state index contributed by atoms with van der Waals surface area (Å²) in [6.45, 7) is -0.133. The molecule has 6 heteroatoms. The molecule has 1 rings (SSSR count). The van der Waals surface area contributed by atoms with Crippen LogP contribution in [-0.2, 0) is 9.59 Å². The Morgan fingerprint density at radius 3 is 2.25 bits per heavy atom. The van der Waals surface area contributed by atoms with Gasteiger partial charge in [0.2, 0.25) is 5.91 Å². The van der Waals surface area contributed by atoms with Crippen LogP contribution in [0.15, 0.2) is 24.3 Å². The summed E-state index contributed by atoms with van der Waals surface area (Å²) in [6, 6.07) is 8.46. The van der Waals surface area contributed by atoms with Crippen LogP contribution in [0.25, 0.3) is 0 Å². The monoisotopic (exact) mass is 275 g/mol. The quantitative estimate of drug-likeness (QED) is 0.783. The molecule has 0 N–H and O–H groups in total. The Morgan fingerprint density at radius 1 is 1.15 bits per heavy atom. The van der Waals surface area contributed by atoms with E-state index in [1.165, 1.54) is 9.80 Å². The second-order valence-corrected chi connectivity index (χ2v) is 4.46. The normalized spacial score (nSPS) is 9.50. The molecule has 0 fully saturated rings. The van der Waals surface area contributed by atoms with E-state index >= 15 is 0 Å². The van der Waals surface area contributed by atoms with E-state index in [-0.39, 0.29) is 25.0 Å². The van der Waals surface area contributed by atoms with Crippen molar-refractivity contribution in [3.05, 3.63) is 29.8 Å². The molecule has 20 heavy (non-hydrogen) atoms. The van der Waals surface area contributed by atoms with Gasteiger partial charge < -0.3 is 14.5 Å². The van der Waals surface area contributed by atoms with Crippen molar-refractivity contribution in [2.24, 2.45) is 0 Å². The molecule has 6 nitrogen and oxygen atoms in total. The molecule has 0 unspecified atom stereocenters. The highest BCUT2D eigenvalue weighted by Gasteiger charge is 2.14. The Hall–Kier alpha value is -2.55. The van der Waals surface area contributed by atoms with Crippen molar-refractivity contribution in [1.29, 1.82) is 5.26 Å². The van der Waals surface area contributed by atoms with E-state index in [9.17, 15) is 9.59 Å². The molecule has 0 saturated carbocycles. The topological polar surface area (TPSA) is 73.6 Å². The Kier molecular flexibility index (Phi) is 5.54. The van der Waals surface area contributed by atoms with Crippen LogP contribution in [-0.4, -0.2) is 55.9 Å². The average Bonchev–Trinajstić information content (AvgIpc) is 2.44. The maximum atomic E-state index is 11.8. The molecule has 1 aromatic rings. The number of carbonyl (C=O) groups excluding carboxylic acids is 2. The molecule has 0 heterocycles. The highest BCUT2D eigenvalue weighted by Crippen LogP contribution is 2.11. The number of ether oxygens (including phenoxy) is 1. The van der Waals surface area contributed by atoms with Gasteiger partial charge in [0.1, 0.15) is 5.75 Å². The van der Waals surface area contributed by atoms with Crippen molar-refractivity contribution in [2.75, 3.05) is 34.3 Å². The van der Waals surface area contributed by atoms with Gasteiger partial charge in [-0.1, -0.05) is 0 Å². The smallest absolute Gasteiger partial charge is 0.260 e. The number of nitrogens with zero attached hydrogens (tertiary/aromatic N) is 3. The number of likely N-dealkylation sites (N-methyl/N-ethyl adjacent to an activating group) is 2. The largest absolute Gasteiger partial charge is 0.484 e. The predicted octanol–water partition coefficient (Wildman–Crippen LogP) is 0.484. The zero-order valence-corrected chi connectivity index (χ0v) is 11.8. The molecule has 0 aliphatic rings. The highest BCUT2D eigenvalue weighted by atomic mass is 16.5. The zero-order valence-electron chi connectivity index (χ0n) is 11.8. The van der Waals surface area contributed by atoms with Crippen LogP contribution >= 0.6 is 0 Å². The summed E-state index contributed by atoms with van der Waals surface area (Å²) in [4.78, 5) is 26.0. The summed E-state index contributed by atoms with van der Waals surface area (Å²) >= 11 is 0. The molecule has 0 spiro atoms. The third-order valence-electron chi connectivity index (χ3n) is 2.64.